The molecule has 0 saturated carbocycles. The minimum absolute atomic E-state index is 0.00216. The highest BCUT2D eigenvalue weighted by Gasteiger charge is 2.46. The van der Waals surface area contributed by atoms with Crippen LogP contribution < -0.4 is 39.6 Å². The molecule has 7 heterocycles. The van der Waals surface area contributed by atoms with Gasteiger partial charge in [-0.25, -0.2) is 63.2 Å². The first-order valence-electron chi connectivity index (χ1n) is 30.5. The summed E-state index contributed by atoms with van der Waals surface area (Å²) in [6.07, 6.45) is 18.0. The molecule has 1 spiro atoms. The molecule has 3 aromatic carbocycles. The number of urea groups is 3. The summed E-state index contributed by atoms with van der Waals surface area (Å²) in [6, 6.07) is 4.16. The van der Waals surface area contributed by atoms with Crippen LogP contribution in [0.25, 0.3) is 0 Å². The number of fused-ring (bicyclic) bond motifs is 9. The van der Waals surface area contributed by atoms with Gasteiger partial charge in [-0.1, -0.05) is 18.2 Å². The Labute approximate surface area is 502 Å². The van der Waals surface area contributed by atoms with Gasteiger partial charge in [0.2, 0.25) is 11.8 Å². The Bertz CT molecular complexity index is 4310. The van der Waals surface area contributed by atoms with Crippen LogP contribution in [0.15, 0.2) is 51.5 Å². The summed E-state index contributed by atoms with van der Waals surface area (Å²) >= 11 is 0. The summed E-state index contributed by atoms with van der Waals surface area (Å²) in [4.78, 5) is 40.9. The van der Waals surface area contributed by atoms with Crippen LogP contribution in [-0.2, 0) is 131 Å². The van der Waals surface area contributed by atoms with Crippen molar-refractivity contribution in [3.8, 4) is 11.8 Å². The molecule has 3 aromatic heterocycles. The van der Waals surface area contributed by atoms with E-state index in [1.807, 2.05) is 0 Å². The van der Waals surface area contributed by atoms with Crippen LogP contribution in [0.1, 0.15) is 117 Å². The summed E-state index contributed by atoms with van der Waals surface area (Å²) in [7, 11) is -13.2. The van der Waals surface area contributed by atoms with E-state index in [1.165, 1.54) is 39.1 Å². The second-order valence-electron chi connectivity index (χ2n) is 25.7. The van der Waals surface area contributed by atoms with Crippen molar-refractivity contribution < 1.29 is 53.8 Å². The van der Waals surface area contributed by atoms with Crippen molar-refractivity contribution in [1.29, 1.82) is 0 Å². The lowest BCUT2D eigenvalue weighted by atomic mass is 9.83. The van der Waals surface area contributed by atoms with Crippen LogP contribution in [0.5, 0.6) is 11.8 Å². The number of carbonyl (C=O) groups is 3. The van der Waals surface area contributed by atoms with Gasteiger partial charge in [0.25, 0.3) is 30.1 Å². The molecule has 0 radical (unpaired) electrons. The predicted octanol–water partition coefficient (Wildman–Crippen LogP) is 5.89. The van der Waals surface area contributed by atoms with Gasteiger partial charge < -0.3 is 30.2 Å². The van der Waals surface area contributed by atoms with Crippen molar-refractivity contribution in [2.45, 2.75) is 156 Å². The first-order valence-corrected chi connectivity index (χ1v) is 34.9. The average molecular weight is 1240 g/mol. The molecule has 10 aliphatic rings. The van der Waals surface area contributed by atoms with Gasteiger partial charge in [0, 0.05) is 29.5 Å². The van der Waals surface area contributed by atoms with Gasteiger partial charge in [-0.3, -0.25) is 4.68 Å². The molecule has 6 aliphatic carbocycles. The van der Waals surface area contributed by atoms with Gasteiger partial charge in [-0.2, -0.15) is 15.3 Å². The first kappa shape index (κ1) is 54.9. The molecule has 4 aliphatic heterocycles. The second-order valence-corrected chi connectivity index (χ2v) is 30.6. The third-order valence-corrected chi connectivity index (χ3v) is 24.4. The summed E-state index contributed by atoms with van der Waals surface area (Å²) in [5.41, 5.74) is 15.4. The number of carbonyl (C=O) groups excluding carboxylic acids is 3. The van der Waals surface area contributed by atoms with Crippen molar-refractivity contribution in [2.24, 2.45) is 23.2 Å². The Kier molecular flexibility index (Phi) is 12.8. The topological polar surface area (TPSA) is 307 Å². The minimum Gasteiger partial charge on any atom is -0.476 e. The maximum Gasteiger partial charge on any atom is 0.333 e. The molecule has 0 bridgehead atoms. The van der Waals surface area contributed by atoms with E-state index in [0.29, 0.717) is 75.6 Å². The molecule has 456 valence electrons. The molecule has 24 nitrogen and oxygen atoms in total. The number of sulfonamides is 3. The van der Waals surface area contributed by atoms with Gasteiger partial charge in [-0.15, -0.1) is 0 Å². The maximum atomic E-state index is 14.3. The van der Waals surface area contributed by atoms with Gasteiger partial charge >= 0.3 is 18.1 Å². The van der Waals surface area contributed by atoms with Crippen molar-refractivity contribution in [3.05, 3.63) is 109 Å². The summed E-state index contributed by atoms with van der Waals surface area (Å²) in [6.45, 7) is 2.58. The number of hydrogen-bond acceptors (Lipinski definition) is 15. The minimum atomic E-state index is -4.42. The zero-order valence-electron chi connectivity index (χ0n) is 47.8. The number of hydrogen-bond donors (Lipinski definition) is 6. The van der Waals surface area contributed by atoms with Crippen LogP contribution in [0.2, 0.25) is 0 Å². The Morgan fingerprint density at radius 2 is 0.989 bits per heavy atom. The van der Waals surface area contributed by atoms with E-state index in [9.17, 15) is 39.6 Å². The Morgan fingerprint density at radius 3 is 1.60 bits per heavy atom. The van der Waals surface area contributed by atoms with Crippen molar-refractivity contribution in [1.82, 2.24) is 43.5 Å². The number of aromatic nitrogens is 6. The highest BCUT2D eigenvalue weighted by Crippen LogP contribution is 2.52. The number of benzene rings is 3. The molecule has 6 aromatic rings. The Morgan fingerprint density at radius 1 is 0.483 bits per heavy atom. The highest BCUT2D eigenvalue weighted by atomic mass is 32.2. The Hall–Kier alpha value is -7.49. The van der Waals surface area contributed by atoms with E-state index in [1.54, 1.807) is 4.68 Å². The maximum absolute atomic E-state index is 14.3. The van der Waals surface area contributed by atoms with E-state index in [4.69, 9.17) is 14.2 Å². The zero-order valence-corrected chi connectivity index (χ0v) is 50.2. The molecule has 1 saturated heterocycles. The van der Waals surface area contributed by atoms with Gasteiger partial charge in [0.15, 0.2) is 9.79 Å². The van der Waals surface area contributed by atoms with Crippen molar-refractivity contribution >= 4 is 65.2 Å². The number of aryl methyl sites for hydroxylation is 5. The molecule has 87 heavy (non-hydrogen) atoms. The SMILES string of the molecule is O=C(Nc1c2c(cc3c1C(C1Cc4cc5c(c(NC(=O)NS(=O)(=O)c6cnn7c6OCC6(COC6)C7)c4C1)CCC5)CC3)CCC2)NS(=O)(=O)c1cnn2c1CCC(C1COc3c(S(=O)(=O)NC(=O)Nc4c5c(cc6c4CCC6)CCC5)cnn3C1)C2. The van der Waals surface area contributed by atoms with Crippen LogP contribution in [0.4, 0.5) is 31.4 Å². The number of rotatable bonds is 11. The smallest absolute Gasteiger partial charge is 0.333 e. The fraction of sp³-hybridized carbons (Fsp3) is 0.500. The van der Waals surface area contributed by atoms with Gasteiger partial charge in [0.1, 0.15) is 11.5 Å². The third-order valence-electron chi connectivity index (χ3n) is 20.4. The predicted molar refractivity (Wildman–Crippen MR) is 314 cm³/mol. The Balaban J connectivity index is 0.579. The van der Waals surface area contributed by atoms with Crippen LogP contribution in [-0.4, -0.2) is 99.1 Å². The van der Waals surface area contributed by atoms with Gasteiger partial charge in [0.05, 0.1) is 62.6 Å². The highest BCUT2D eigenvalue weighted by molar-refractivity contribution is 7.90. The first-order chi connectivity index (χ1) is 41.9. The standard InChI is InChI=1S/C60H66N12O12S3/c73-57(64-52-42-9-1-5-32(42)17-33-6-2-10-43(33)52)68-86(78,79)49-23-62-71-26-40(27-83-55(49)71)37-14-16-47-48(22-61-70(47)25-37)85(76,77)67-59(75)66-54-45-12-4-7-34(45)18-36-13-15-41(51(36)54)39-20-38-19-35-8-3-11-44(35)53(46(38)21-39)65-58(74)69-87(80,81)50-24-63-72-28-60(29-82-30-60)31-84-56(50)72/h17-19,22-24,37,39-41H,1-16,20-21,25-31H2,(H2,64,68,73)(H2,65,69,74)(H2,66,67,75). The number of nitrogens with zero attached hydrogens (tertiary/aromatic N) is 6. The lowest BCUT2D eigenvalue weighted by molar-refractivity contribution is -0.154. The molecule has 6 N–H and O–H groups in total. The summed E-state index contributed by atoms with van der Waals surface area (Å²) < 4.78 is 112. The van der Waals surface area contributed by atoms with E-state index < -0.39 is 48.2 Å². The zero-order chi connectivity index (χ0) is 59.3. The van der Waals surface area contributed by atoms with Crippen molar-refractivity contribution in [3.63, 3.8) is 0 Å². The molecular weight excluding hydrogens is 1180 g/mol. The largest absolute Gasteiger partial charge is 0.476 e. The molecule has 1 fully saturated rings. The quantitative estimate of drug-likeness (QED) is 0.0882. The van der Waals surface area contributed by atoms with Crippen LogP contribution in [0.3, 0.4) is 0 Å². The van der Waals surface area contributed by atoms with E-state index >= 15 is 0 Å². The van der Waals surface area contributed by atoms with Crippen molar-refractivity contribution in [2.75, 3.05) is 42.4 Å². The number of ether oxygens (including phenoxy) is 3. The lowest BCUT2D eigenvalue weighted by Crippen LogP contribution is -2.52. The normalized spacial score (nSPS) is 22.4. The monoisotopic (exact) mass is 1240 g/mol. The molecule has 16 rings (SSSR count). The fourth-order valence-electron chi connectivity index (χ4n) is 16.3. The molecule has 4 unspecified atom stereocenters. The molecule has 4 atom stereocenters. The van der Waals surface area contributed by atoms with E-state index in [0.717, 1.165) is 151 Å². The van der Waals surface area contributed by atoms with Gasteiger partial charge in [-0.05, 0) is 200 Å². The molecular formula is C60H66N12O12S3. The molecule has 27 heteroatoms. The van der Waals surface area contributed by atoms with Crippen LogP contribution >= 0.6 is 0 Å². The van der Waals surface area contributed by atoms with E-state index in [-0.39, 0.29) is 68.7 Å². The number of nitrogens with one attached hydrogen (secondary N) is 6. The second kappa shape index (κ2) is 20.3. The summed E-state index contributed by atoms with van der Waals surface area (Å²) in [5, 5.41) is 22.1. The fourth-order valence-corrected chi connectivity index (χ4v) is 19.4. The number of anilines is 3. The van der Waals surface area contributed by atoms with Crippen LogP contribution in [0, 0.1) is 23.2 Å². The summed E-state index contributed by atoms with van der Waals surface area (Å²) in [5.74, 6) is 0.0266. The average Bonchev–Trinajstić information content (AvgIpc) is 1.75. The molecule has 6 amide bonds. The van der Waals surface area contributed by atoms with E-state index in [2.05, 4.69) is 63.6 Å². The number of amides is 6. The lowest BCUT2D eigenvalue weighted by Gasteiger charge is -2.43. The third kappa shape index (κ3) is 9.28.